The van der Waals surface area contributed by atoms with Gasteiger partial charge in [0.25, 0.3) is 0 Å². The van der Waals surface area contributed by atoms with Gasteiger partial charge in [-0.25, -0.2) is 4.98 Å². The van der Waals surface area contributed by atoms with Gasteiger partial charge in [-0.15, -0.1) is 0 Å². The number of nitrogens with zero attached hydrogens (tertiary/aromatic N) is 2. The third-order valence-electron chi connectivity index (χ3n) is 3.59. The van der Waals surface area contributed by atoms with Gasteiger partial charge < -0.3 is 10.2 Å². The van der Waals surface area contributed by atoms with E-state index in [9.17, 15) is 0 Å². The first-order valence-electron chi connectivity index (χ1n) is 5.72. The van der Waals surface area contributed by atoms with E-state index in [4.69, 9.17) is 0 Å². The fourth-order valence-corrected chi connectivity index (χ4v) is 2.75. The van der Waals surface area contributed by atoms with Crippen molar-refractivity contribution in [2.45, 2.75) is 6.92 Å². The molecule has 2 unspecified atom stereocenters. The van der Waals surface area contributed by atoms with Crippen molar-refractivity contribution < 1.29 is 0 Å². The Balaban J connectivity index is 1.79. The van der Waals surface area contributed by atoms with Crippen LogP contribution in [0.1, 0.15) is 5.69 Å². The maximum absolute atomic E-state index is 4.59. The lowest BCUT2D eigenvalue weighted by atomic mass is 10.0. The summed E-state index contributed by atoms with van der Waals surface area (Å²) in [7, 11) is 0. The van der Waals surface area contributed by atoms with Gasteiger partial charge in [0.1, 0.15) is 5.82 Å². The van der Waals surface area contributed by atoms with Crippen molar-refractivity contribution in [1.29, 1.82) is 0 Å². The van der Waals surface area contributed by atoms with Gasteiger partial charge in [-0.1, -0.05) is 6.07 Å². The molecule has 2 aliphatic heterocycles. The average Bonchev–Trinajstić information content (AvgIpc) is 2.76. The van der Waals surface area contributed by atoms with Crippen molar-refractivity contribution in [3.05, 3.63) is 23.9 Å². The Morgan fingerprint density at radius 2 is 2.00 bits per heavy atom. The number of pyridine rings is 1. The summed E-state index contributed by atoms with van der Waals surface area (Å²) in [4.78, 5) is 7.02. The molecule has 0 spiro atoms. The summed E-state index contributed by atoms with van der Waals surface area (Å²) in [5, 5.41) is 3.46. The lowest BCUT2D eigenvalue weighted by Gasteiger charge is -2.18. The first kappa shape index (κ1) is 9.16. The summed E-state index contributed by atoms with van der Waals surface area (Å²) < 4.78 is 0. The topological polar surface area (TPSA) is 28.2 Å². The zero-order chi connectivity index (χ0) is 10.3. The molecular formula is C12H17N3. The number of hydrogen-bond acceptors (Lipinski definition) is 3. The summed E-state index contributed by atoms with van der Waals surface area (Å²) in [6, 6.07) is 6.29. The molecule has 1 N–H and O–H groups in total. The lowest BCUT2D eigenvalue weighted by molar-refractivity contribution is 0.533. The molecule has 2 aliphatic rings. The van der Waals surface area contributed by atoms with Crippen molar-refractivity contribution in [3.8, 4) is 0 Å². The molecular weight excluding hydrogens is 186 g/mol. The van der Waals surface area contributed by atoms with Crippen LogP contribution in [0, 0.1) is 18.8 Å². The van der Waals surface area contributed by atoms with Gasteiger partial charge in [-0.3, -0.25) is 0 Å². The fourth-order valence-electron chi connectivity index (χ4n) is 2.75. The first-order valence-corrected chi connectivity index (χ1v) is 5.72. The first-order chi connectivity index (χ1) is 7.33. The maximum Gasteiger partial charge on any atom is 0.128 e. The van der Waals surface area contributed by atoms with Crippen molar-refractivity contribution in [2.75, 3.05) is 31.1 Å². The number of rotatable bonds is 1. The van der Waals surface area contributed by atoms with Crippen LogP contribution in [0.2, 0.25) is 0 Å². The molecule has 0 amide bonds. The molecule has 80 valence electrons. The number of anilines is 1. The normalized spacial score (nSPS) is 29.5. The van der Waals surface area contributed by atoms with Gasteiger partial charge >= 0.3 is 0 Å². The Labute approximate surface area is 90.5 Å². The molecule has 2 fully saturated rings. The van der Waals surface area contributed by atoms with Crippen molar-refractivity contribution in [2.24, 2.45) is 11.8 Å². The van der Waals surface area contributed by atoms with Crippen LogP contribution in [-0.2, 0) is 0 Å². The summed E-state index contributed by atoms with van der Waals surface area (Å²) in [6.07, 6.45) is 0. The Bertz CT molecular complexity index is 352. The minimum Gasteiger partial charge on any atom is -0.356 e. The second-order valence-electron chi connectivity index (χ2n) is 4.72. The number of nitrogens with one attached hydrogen (secondary N) is 1. The molecule has 0 bridgehead atoms. The van der Waals surface area contributed by atoms with E-state index in [0.29, 0.717) is 0 Å². The second kappa shape index (κ2) is 3.49. The number of hydrogen-bond donors (Lipinski definition) is 1. The highest BCUT2D eigenvalue weighted by Gasteiger charge is 2.36. The van der Waals surface area contributed by atoms with E-state index in [-0.39, 0.29) is 0 Å². The molecule has 3 heteroatoms. The van der Waals surface area contributed by atoms with Gasteiger partial charge in [0, 0.05) is 31.9 Å². The van der Waals surface area contributed by atoms with Crippen LogP contribution in [-0.4, -0.2) is 31.2 Å². The molecule has 2 saturated heterocycles. The van der Waals surface area contributed by atoms with E-state index in [0.717, 1.165) is 23.3 Å². The van der Waals surface area contributed by atoms with Gasteiger partial charge in [-0.05, 0) is 30.9 Å². The lowest BCUT2D eigenvalue weighted by Crippen LogP contribution is -2.26. The highest BCUT2D eigenvalue weighted by molar-refractivity contribution is 5.41. The third kappa shape index (κ3) is 1.61. The highest BCUT2D eigenvalue weighted by Crippen LogP contribution is 2.29. The standard InChI is InChI=1S/C12H17N3/c1-9-3-2-4-12(14-9)15-7-10-5-13-6-11(10)8-15/h2-4,10-11,13H,5-8H2,1H3. The third-order valence-corrected chi connectivity index (χ3v) is 3.59. The molecule has 0 saturated carbocycles. The van der Waals surface area contributed by atoms with Crippen LogP contribution in [0.3, 0.4) is 0 Å². The fraction of sp³-hybridized carbons (Fsp3) is 0.583. The van der Waals surface area contributed by atoms with E-state index in [1.165, 1.54) is 26.2 Å². The molecule has 0 aliphatic carbocycles. The molecule has 3 heterocycles. The monoisotopic (exact) mass is 203 g/mol. The van der Waals surface area contributed by atoms with E-state index in [2.05, 4.69) is 40.3 Å². The predicted molar refractivity (Wildman–Crippen MR) is 61.0 cm³/mol. The van der Waals surface area contributed by atoms with Crippen LogP contribution in [0.25, 0.3) is 0 Å². The minimum absolute atomic E-state index is 0.840. The predicted octanol–water partition coefficient (Wildman–Crippen LogP) is 1.05. The zero-order valence-corrected chi connectivity index (χ0v) is 9.11. The van der Waals surface area contributed by atoms with Crippen LogP contribution in [0.5, 0.6) is 0 Å². The summed E-state index contributed by atoms with van der Waals surface area (Å²) in [6.45, 7) is 6.78. The zero-order valence-electron chi connectivity index (χ0n) is 9.11. The maximum atomic E-state index is 4.59. The summed E-state index contributed by atoms with van der Waals surface area (Å²) in [5.74, 6) is 2.84. The van der Waals surface area contributed by atoms with Crippen molar-refractivity contribution >= 4 is 5.82 Å². The van der Waals surface area contributed by atoms with Crippen molar-refractivity contribution in [1.82, 2.24) is 10.3 Å². The van der Waals surface area contributed by atoms with E-state index in [1.54, 1.807) is 0 Å². The molecule has 3 rings (SSSR count). The summed E-state index contributed by atoms with van der Waals surface area (Å²) >= 11 is 0. The number of aryl methyl sites for hydroxylation is 1. The Hall–Kier alpha value is -1.09. The van der Waals surface area contributed by atoms with Crippen LogP contribution in [0.4, 0.5) is 5.82 Å². The van der Waals surface area contributed by atoms with Gasteiger partial charge in [0.15, 0.2) is 0 Å². The van der Waals surface area contributed by atoms with Crippen LogP contribution >= 0.6 is 0 Å². The quantitative estimate of drug-likeness (QED) is 0.739. The largest absolute Gasteiger partial charge is 0.356 e. The Kier molecular flexibility index (Phi) is 2.13. The molecule has 0 aromatic carbocycles. The second-order valence-corrected chi connectivity index (χ2v) is 4.72. The van der Waals surface area contributed by atoms with Gasteiger partial charge in [-0.2, -0.15) is 0 Å². The number of aromatic nitrogens is 1. The van der Waals surface area contributed by atoms with E-state index >= 15 is 0 Å². The summed E-state index contributed by atoms with van der Waals surface area (Å²) in [5.41, 5.74) is 1.11. The van der Waals surface area contributed by atoms with Crippen molar-refractivity contribution in [3.63, 3.8) is 0 Å². The van der Waals surface area contributed by atoms with E-state index < -0.39 is 0 Å². The molecule has 1 aromatic heterocycles. The van der Waals surface area contributed by atoms with Crippen LogP contribution < -0.4 is 10.2 Å². The Morgan fingerprint density at radius 3 is 2.67 bits per heavy atom. The smallest absolute Gasteiger partial charge is 0.128 e. The minimum atomic E-state index is 0.840. The van der Waals surface area contributed by atoms with Gasteiger partial charge in [0.2, 0.25) is 0 Å². The SMILES string of the molecule is Cc1cccc(N2CC3CNCC3C2)n1. The molecule has 2 atom stereocenters. The molecule has 15 heavy (non-hydrogen) atoms. The number of fused-ring (bicyclic) bond motifs is 1. The average molecular weight is 203 g/mol. The Morgan fingerprint density at radius 1 is 1.27 bits per heavy atom. The molecule has 3 nitrogen and oxygen atoms in total. The highest BCUT2D eigenvalue weighted by atomic mass is 15.2. The van der Waals surface area contributed by atoms with E-state index in [1.807, 2.05) is 0 Å². The molecule has 1 aromatic rings. The molecule has 0 radical (unpaired) electrons. The van der Waals surface area contributed by atoms with Crippen LogP contribution in [0.15, 0.2) is 18.2 Å². The van der Waals surface area contributed by atoms with Gasteiger partial charge in [0.05, 0.1) is 0 Å².